The molecule has 1 aromatic carbocycles. The minimum atomic E-state index is -0.279. The van der Waals surface area contributed by atoms with Crippen LogP contribution in [0.4, 0.5) is 0 Å². The van der Waals surface area contributed by atoms with Gasteiger partial charge >= 0.3 is 5.97 Å². The number of nitriles is 1. The van der Waals surface area contributed by atoms with E-state index < -0.39 is 0 Å². The van der Waals surface area contributed by atoms with E-state index >= 15 is 0 Å². The molecular weight excluding hydrogens is 332 g/mol. The first-order chi connectivity index (χ1) is 10.1. The van der Waals surface area contributed by atoms with Crippen molar-refractivity contribution in [2.75, 3.05) is 12.9 Å². The Morgan fingerprint density at radius 1 is 1.48 bits per heavy atom. The van der Waals surface area contributed by atoms with Crippen LogP contribution in [0, 0.1) is 11.3 Å². The highest BCUT2D eigenvalue weighted by Gasteiger charge is 2.13. The predicted molar refractivity (Wildman–Crippen MR) is 81.1 cm³/mol. The first kappa shape index (κ1) is 15.6. The van der Waals surface area contributed by atoms with E-state index in [-0.39, 0.29) is 22.4 Å². The first-order valence-electron chi connectivity index (χ1n) is 5.67. The maximum atomic E-state index is 11.0. The summed E-state index contributed by atoms with van der Waals surface area (Å²) >= 11 is 8.16. The van der Waals surface area contributed by atoms with Gasteiger partial charge in [-0.3, -0.25) is 4.79 Å². The molecule has 1 heterocycles. The largest absolute Gasteiger partial charge is 0.468 e. The van der Waals surface area contributed by atoms with Crippen molar-refractivity contribution < 1.29 is 14.3 Å². The van der Waals surface area contributed by atoms with Crippen molar-refractivity contribution in [1.29, 1.82) is 5.26 Å². The molecule has 0 unspecified atom stereocenters. The third kappa shape index (κ3) is 4.11. The smallest absolute Gasteiger partial charge is 0.315 e. The van der Waals surface area contributed by atoms with E-state index in [2.05, 4.69) is 9.11 Å². The standard InChI is InChI=1S/C13H9ClN2O3S2/c1-18-11(17)7-20-9-4-2-8(3-5-9)19-13-10(6-15)12(14)16-21-13/h2-5H,7H2,1H3. The molecule has 2 rings (SSSR count). The summed E-state index contributed by atoms with van der Waals surface area (Å²) in [4.78, 5) is 12.0. The number of esters is 1. The first-order valence-corrected chi connectivity index (χ1v) is 7.80. The number of carbonyl (C=O) groups is 1. The van der Waals surface area contributed by atoms with Crippen molar-refractivity contribution in [3.8, 4) is 16.9 Å². The van der Waals surface area contributed by atoms with E-state index in [0.717, 1.165) is 16.4 Å². The Balaban J connectivity index is 2.02. The highest BCUT2D eigenvalue weighted by atomic mass is 35.5. The van der Waals surface area contributed by atoms with E-state index in [0.29, 0.717) is 10.8 Å². The van der Waals surface area contributed by atoms with Gasteiger partial charge in [0, 0.05) is 16.4 Å². The number of methoxy groups -OCH3 is 1. The van der Waals surface area contributed by atoms with Crippen LogP contribution in [0.5, 0.6) is 10.8 Å². The molecule has 8 heteroatoms. The molecule has 0 N–H and O–H groups in total. The van der Waals surface area contributed by atoms with Gasteiger partial charge in [-0.25, -0.2) is 0 Å². The third-order valence-corrected chi connectivity index (χ3v) is 4.44. The number of benzene rings is 1. The number of ether oxygens (including phenoxy) is 2. The van der Waals surface area contributed by atoms with Gasteiger partial charge < -0.3 is 9.47 Å². The molecule has 0 aliphatic rings. The van der Waals surface area contributed by atoms with Crippen molar-refractivity contribution in [3.63, 3.8) is 0 Å². The molecule has 0 aliphatic heterocycles. The second kappa shape index (κ2) is 7.31. The van der Waals surface area contributed by atoms with Gasteiger partial charge in [-0.05, 0) is 24.3 Å². The summed E-state index contributed by atoms with van der Waals surface area (Å²) in [6.45, 7) is 0. The van der Waals surface area contributed by atoms with Gasteiger partial charge in [0.05, 0.1) is 12.9 Å². The average molecular weight is 341 g/mol. The summed E-state index contributed by atoms with van der Waals surface area (Å²) in [5.74, 6) is 0.534. The van der Waals surface area contributed by atoms with Gasteiger partial charge in [0.2, 0.25) is 5.06 Å². The van der Waals surface area contributed by atoms with Crippen molar-refractivity contribution >= 4 is 40.9 Å². The molecule has 0 saturated carbocycles. The van der Waals surface area contributed by atoms with Gasteiger partial charge in [0.25, 0.3) is 0 Å². The lowest BCUT2D eigenvalue weighted by atomic mass is 10.3. The fraction of sp³-hybridized carbons (Fsp3) is 0.154. The number of aromatic nitrogens is 1. The topological polar surface area (TPSA) is 72.2 Å². The lowest BCUT2D eigenvalue weighted by Crippen LogP contribution is -2.02. The van der Waals surface area contributed by atoms with E-state index in [1.165, 1.54) is 18.9 Å². The third-order valence-electron chi connectivity index (χ3n) is 2.35. The van der Waals surface area contributed by atoms with Gasteiger partial charge in [0.1, 0.15) is 17.4 Å². The van der Waals surface area contributed by atoms with Crippen molar-refractivity contribution in [2.24, 2.45) is 0 Å². The average Bonchev–Trinajstić information content (AvgIpc) is 2.86. The van der Waals surface area contributed by atoms with Crippen LogP contribution in [0.2, 0.25) is 5.15 Å². The number of rotatable bonds is 5. The van der Waals surface area contributed by atoms with Crippen molar-refractivity contribution in [1.82, 2.24) is 4.37 Å². The summed E-state index contributed by atoms with van der Waals surface area (Å²) in [5, 5.41) is 9.46. The summed E-state index contributed by atoms with van der Waals surface area (Å²) in [6.07, 6.45) is 0. The number of hydrogen-bond donors (Lipinski definition) is 0. The van der Waals surface area contributed by atoms with Crippen LogP contribution in [-0.2, 0) is 9.53 Å². The number of hydrogen-bond acceptors (Lipinski definition) is 7. The Morgan fingerprint density at radius 3 is 2.81 bits per heavy atom. The molecule has 0 atom stereocenters. The summed E-state index contributed by atoms with van der Waals surface area (Å²) in [6, 6.07) is 9.07. The Morgan fingerprint density at radius 2 is 2.19 bits per heavy atom. The summed E-state index contributed by atoms with van der Waals surface area (Å²) in [7, 11) is 1.35. The van der Waals surface area contributed by atoms with Crippen LogP contribution in [-0.4, -0.2) is 23.2 Å². The van der Waals surface area contributed by atoms with Crippen LogP contribution in [0.3, 0.4) is 0 Å². The molecule has 0 amide bonds. The van der Waals surface area contributed by atoms with Crippen LogP contribution in [0.25, 0.3) is 0 Å². The number of thioether (sulfide) groups is 1. The molecule has 5 nitrogen and oxygen atoms in total. The van der Waals surface area contributed by atoms with Gasteiger partial charge in [-0.15, -0.1) is 11.8 Å². The van der Waals surface area contributed by atoms with Gasteiger partial charge in [-0.2, -0.15) is 9.64 Å². The van der Waals surface area contributed by atoms with Gasteiger partial charge in [0.15, 0.2) is 5.15 Å². The molecule has 0 aliphatic carbocycles. The Hall–Kier alpha value is -1.75. The fourth-order valence-electron chi connectivity index (χ4n) is 1.33. The minimum Gasteiger partial charge on any atom is -0.468 e. The van der Waals surface area contributed by atoms with E-state index in [9.17, 15) is 4.79 Å². The molecule has 1 aromatic heterocycles. The molecule has 108 valence electrons. The second-order valence-corrected chi connectivity index (χ2v) is 5.83. The van der Waals surface area contributed by atoms with Crippen LogP contribution in [0.15, 0.2) is 29.2 Å². The number of nitrogens with zero attached hydrogens (tertiary/aromatic N) is 2. The quantitative estimate of drug-likeness (QED) is 0.610. The van der Waals surface area contributed by atoms with Crippen LogP contribution >= 0.6 is 34.9 Å². The normalized spacial score (nSPS) is 9.95. The lowest BCUT2D eigenvalue weighted by molar-refractivity contribution is -0.137. The molecule has 0 spiro atoms. The Bertz CT molecular complexity index is 680. The molecule has 0 fully saturated rings. The zero-order valence-corrected chi connectivity index (χ0v) is 13.2. The zero-order chi connectivity index (χ0) is 15.2. The monoisotopic (exact) mass is 340 g/mol. The molecule has 0 radical (unpaired) electrons. The highest BCUT2D eigenvalue weighted by molar-refractivity contribution is 8.00. The maximum Gasteiger partial charge on any atom is 0.315 e. The van der Waals surface area contributed by atoms with Crippen LogP contribution < -0.4 is 4.74 Å². The molecule has 0 saturated heterocycles. The van der Waals surface area contributed by atoms with E-state index in [1.54, 1.807) is 12.1 Å². The summed E-state index contributed by atoms with van der Waals surface area (Å²) in [5.41, 5.74) is 0.228. The Kier molecular flexibility index (Phi) is 5.44. The predicted octanol–water partition coefficient (Wildman–Crippen LogP) is 3.73. The van der Waals surface area contributed by atoms with E-state index in [4.69, 9.17) is 21.6 Å². The molecular formula is C13H9ClN2O3S2. The highest BCUT2D eigenvalue weighted by Crippen LogP contribution is 2.34. The molecule has 2 aromatic rings. The van der Waals surface area contributed by atoms with Crippen molar-refractivity contribution in [2.45, 2.75) is 4.90 Å². The fourth-order valence-corrected chi connectivity index (χ4v) is 2.97. The van der Waals surface area contributed by atoms with Crippen LogP contribution in [0.1, 0.15) is 5.56 Å². The zero-order valence-electron chi connectivity index (χ0n) is 10.8. The lowest BCUT2D eigenvalue weighted by Gasteiger charge is -2.04. The number of halogens is 1. The summed E-state index contributed by atoms with van der Waals surface area (Å²) < 4.78 is 14.0. The Labute approximate surface area is 134 Å². The second-order valence-electron chi connectivity index (χ2n) is 3.69. The van der Waals surface area contributed by atoms with Gasteiger partial charge in [-0.1, -0.05) is 11.6 Å². The van der Waals surface area contributed by atoms with Crippen molar-refractivity contribution in [3.05, 3.63) is 35.0 Å². The SMILES string of the molecule is COC(=O)CSc1ccc(Oc2snc(Cl)c2C#N)cc1. The molecule has 21 heavy (non-hydrogen) atoms. The molecule has 0 bridgehead atoms. The van der Waals surface area contributed by atoms with E-state index in [1.807, 2.05) is 18.2 Å². The number of carbonyl (C=O) groups excluding carboxylic acids is 1. The minimum absolute atomic E-state index is 0.141. The maximum absolute atomic E-state index is 11.0.